The zero-order valence-corrected chi connectivity index (χ0v) is 15.8. The Morgan fingerprint density at radius 3 is 2.58 bits per heavy atom. The number of aromatic nitrogens is 2. The topological polar surface area (TPSA) is 72.3 Å². The van der Waals surface area contributed by atoms with Crippen molar-refractivity contribution in [3.05, 3.63) is 46.0 Å². The number of hydrogen-bond donors (Lipinski definition) is 1. The molecule has 1 heterocycles. The van der Waals surface area contributed by atoms with Crippen LogP contribution in [0, 0.1) is 12.3 Å². The second kappa shape index (κ2) is 7.30. The fourth-order valence-electron chi connectivity index (χ4n) is 2.20. The standard InChI is InChI=1S/C18H21BrN2O3/c1-11-15(24-10-14-8-21-16(19)9-20-14)6-5-13(17(11)23)7-18(3,4)12(2)22/h5-6,8-9,23H,7,10H2,1-4H3. The summed E-state index contributed by atoms with van der Waals surface area (Å²) in [5, 5.41) is 10.4. The van der Waals surface area contributed by atoms with Crippen molar-refractivity contribution in [2.75, 3.05) is 0 Å². The van der Waals surface area contributed by atoms with Gasteiger partial charge in [-0.3, -0.25) is 9.78 Å². The molecule has 2 aromatic rings. The number of aromatic hydroxyl groups is 1. The summed E-state index contributed by atoms with van der Waals surface area (Å²) < 4.78 is 6.40. The van der Waals surface area contributed by atoms with Gasteiger partial charge < -0.3 is 9.84 Å². The molecule has 0 unspecified atom stereocenters. The van der Waals surface area contributed by atoms with Gasteiger partial charge in [0, 0.05) is 11.0 Å². The molecule has 0 aliphatic carbocycles. The van der Waals surface area contributed by atoms with Gasteiger partial charge in [0.2, 0.25) is 0 Å². The maximum atomic E-state index is 11.7. The Morgan fingerprint density at radius 1 is 1.29 bits per heavy atom. The van der Waals surface area contributed by atoms with Crippen LogP contribution < -0.4 is 4.74 Å². The average Bonchev–Trinajstić information content (AvgIpc) is 2.52. The smallest absolute Gasteiger partial charge is 0.135 e. The highest BCUT2D eigenvalue weighted by Gasteiger charge is 2.26. The molecule has 0 bridgehead atoms. The molecule has 0 atom stereocenters. The van der Waals surface area contributed by atoms with E-state index in [9.17, 15) is 9.90 Å². The lowest BCUT2D eigenvalue weighted by atomic mass is 9.82. The summed E-state index contributed by atoms with van der Waals surface area (Å²) in [6.45, 7) is 7.38. The van der Waals surface area contributed by atoms with Gasteiger partial charge in [-0.2, -0.15) is 0 Å². The van der Waals surface area contributed by atoms with Crippen molar-refractivity contribution < 1.29 is 14.6 Å². The Morgan fingerprint density at radius 2 is 2.00 bits per heavy atom. The fourth-order valence-corrected chi connectivity index (χ4v) is 2.41. The number of benzene rings is 1. The average molecular weight is 393 g/mol. The Labute approximate surface area is 150 Å². The van der Waals surface area contributed by atoms with Crippen LogP contribution in [0.4, 0.5) is 0 Å². The minimum Gasteiger partial charge on any atom is -0.507 e. The van der Waals surface area contributed by atoms with E-state index < -0.39 is 5.41 Å². The molecule has 0 spiro atoms. The number of Topliss-reactive ketones (excluding diaryl/α,β-unsaturated/α-hetero) is 1. The highest BCUT2D eigenvalue weighted by Crippen LogP contribution is 2.35. The van der Waals surface area contributed by atoms with Gasteiger partial charge >= 0.3 is 0 Å². The van der Waals surface area contributed by atoms with Crippen LogP contribution in [0.15, 0.2) is 29.1 Å². The summed E-state index contributed by atoms with van der Waals surface area (Å²) in [6.07, 6.45) is 3.71. The van der Waals surface area contributed by atoms with Crippen LogP contribution in [0.25, 0.3) is 0 Å². The summed E-state index contributed by atoms with van der Waals surface area (Å²) in [6, 6.07) is 3.61. The Balaban J connectivity index is 2.14. The number of halogens is 1. The lowest BCUT2D eigenvalue weighted by Gasteiger charge is -2.22. The molecule has 0 saturated heterocycles. The zero-order chi connectivity index (χ0) is 17.9. The van der Waals surface area contributed by atoms with Gasteiger partial charge in [-0.05, 0) is 47.8 Å². The van der Waals surface area contributed by atoms with Crippen LogP contribution in [0.5, 0.6) is 11.5 Å². The monoisotopic (exact) mass is 392 g/mol. The van der Waals surface area contributed by atoms with Crippen molar-refractivity contribution >= 4 is 21.7 Å². The minimum absolute atomic E-state index is 0.0914. The lowest BCUT2D eigenvalue weighted by Crippen LogP contribution is -2.24. The first kappa shape index (κ1) is 18.4. The Kier molecular flexibility index (Phi) is 5.59. The number of nitrogens with zero attached hydrogens (tertiary/aromatic N) is 2. The van der Waals surface area contributed by atoms with Crippen LogP contribution >= 0.6 is 15.9 Å². The third-order valence-electron chi connectivity index (χ3n) is 4.10. The highest BCUT2D eigenvalue weighted by molar-refractivity contribution is 9.10. The van der Waals surface area contributed by atoms with E-state index in [-0.39, 0.29) is 18.1 Å². The molecule has 128 valence electrons. The summed E-state index contributed by atoms with van der Waals surface area (Å²) >= 11 is 3.23. The van der Waals surface area contributed by atoms with E-state index >= 15 is 0 Å². The van der Waals surface area contributed by atoms with Crippen LogP contribution in [0.2, 0.25) is 0 Å². The van der Waals surface area contributed by atoms with Crippen molar-refractivity contribution in [2.24, 2.45) is 5.41 Å². The molecular weight excluding hydrogens is 372 g/mol. The Hall–Kier alpha value is -1.95. The molecule has 24 heavy (non-hydrogen) atoms. The van der Waals surface area contributed by atoms with Gasteiger partial charge in [0.25, 0.3) is 0 Å². The van der Waals surface area contributed by atoms with E-state index in [1.54, 1.807) is 32.3 Å². The zero-order valence-electron chi connectivity index (χ0n) is 14.3. The number of rotatable bonds is 6. The molecular formula is C18H21BrN2O3. The van der Waals surface area contributed by atoms with E-state index in [2.05, 4.69) is 25.9 Å². The quantitative estimate of drug-likeness (QED) is 0.804. The summed E-state index contributed by atoms with van der Waals surface area (Å²) in [7, 11) is 0. The third-order valence-corrected chi connectivity index (χ3v) is 4.51. The molecule has 0 fully saturated rings. The van der Waals surface area contributed by atoms with Gasteiger partial charge in [0.15, 0.2) is 0 Å². The molecule has 0 radical (unpaired) electrons. The second-order valence-electron chi connectivity index (χ2n) is 6.43. The fraction of sp³-hybridized carbons (Fsp3) is 0.389. The number of carbonyl (C=O) groups excluding carboxylic acids is 1. The van der Waals surface area contributed by atoms with E-state index in [4.69, 9.17) is 4.74 Å². The minimum atomic E-state index is -0.515. The van der Waals surface area contributed by atoms with Crippen LogP contribution in [-0.4, -0.2) is 20.9 Å². The molecule has 0 amide bonds. The molecule has 0 aliphatic heterocycles. The molecule has 6 heteroatoms. The first-order valence-corrected chi connectivity index (χ1v) is 8.41. The van der Waals surface area contributed by atoms with Crippen LogP contribution in [-0.2, 0) is 17.8 Å². The molecule has 1 N–H and O–H groups in total. The number of carbonyl (C=O) groups is 1. The van der Waals surface area contributed by atoms with Crippen molar-refractivity contribution in [2.45, 2.75) is 40.7 Å². The van der Waals surface area contributed by atoms with Gasteiger partial charge in [0.05, 0.1) is 18.1 Å². The SMILES string of the molecule is CC(=O)C(C)(C)Cc1ccc(OCc2cnc(Br)cn2)c(C)c1O. The van der Waals surface area contributed by atoms with Crippen molar-refractivity contribution in [3.63, 3.8) is 0 Å². The number of phenolic OH excluding ortho intramolecular Hbond substituents is 1. The molecule has 0 aliphatic rings. The van der Waals surface area contributed by atoms with Gasteiger partial charge in [0.1, 0.15) is 28.5 Å². The van der Waals surface area contributed by atoms with Gasteiger partial charge in [-0.15, -0.1) is 0 Å². The maximum absolute atomic E-state index is 11.7. The summed E-state index contributed by atoms with van der Waals surface area (Å²) in [5.74, 6) is 0.846. The maximum Gasteiger partial charge on any atom is 0.135 e. The Bertz CT molecular complexity index is 743. The number of ether oxygens (including phenoxy) is 1. The normalized spacial score (nSPS) is 11.4. The molecule has 1 aromatic heterocycles. The van der Waals surface area contributed by atoms with Gasteiger partial charge in [-0.1, -0.05) is 19.9 Å². The molecule has 1 aromatic carbocycles. The molecule has 5 nitrogen and oxygen atoms in total. The van der Waals surface area contributed by atoms with E-state index in [1.807, 2.05) is 19.9 Å². The predicted octanol–water partition coefficient (Wildman–Crippen LogP) is 3.99. The lowest BCUT2D eigenvalue weighted by molar-refractivity contribution is -0.124. The number of phenols is 1. The largest absolute Gasteiger partial charge is 0.507 e. The predicted molar refractivity (Wildman–Crippen MR) is 95.1 cm³/mol. The van der Waals surface area contributed by atoms with Crippen molar-refractivity contribution in [1.29, 1.82) is 0 Å². The first-order chi connectivity index (χ1) is 11.2. The highest BCUT2D eigenvalue weighted by atomic mass is 79.9. The van der Waals surface area contributed by atoms with Crippen LogP contribution in [0.1, 0.15) is 37.6 Å². The second-order valence-corrected chi connectivity index (χ2v) is 7.24. The summed E-state index contributed by atoms with van der Waals surface area (Å²) in [4.78, 5) is 20.0. The van der Waals surface area contributed by atoms with E-state index in [1.165, 1.54) is 0 Å². The van der Waals surface area contributed by atoms with Crippen molar-refractivity contribution in [3.8, 4) is 11.5 Å². The van der Waals surface area contributed by atoms with Crippen molar-refractivity contribution in [1.82, 2.24) is 9.97 Å². The van der Waals surface area contributed by atoms with Gasteiger partial charge in [-0.25, -0.2) is 4.98 Å². The molecule has 0 saturated carbocycles. The van der Waals surface area contributed by atoms with E-state index in [0.717, 1.165) is 5.56 Å². The number of ketones is 1. The van der Waals surface area contributed by atoms with Crippen LogP contribution in [0.3, 0.4) is 0 Å². The first-order valence-electron chi connectivity index (χ1n) is 7.62. The number of hydrogen-bond acceptors (Lipinski definition) is 5. The van der Waals surface area contributed by atoms with E-state index in [0.29, 0.717) is 28.0 Å². The molecule has 2 rings (SSSR count). The summed E-state index contributed by atoms with van der Waals surface area (Å²) in [5.41, 5.74) is 1.57. The third kappa shape index (κ3) is 4.32.